The van der Waals surface area contributed by atoms with Crippen molar-refractivity contribution >= 4 is 0 Å². The van der Waals surface area contributed by atoms with Crippen molar-refractivity contribution in [2.75, 3.05) is 33.9 Å². The summed E-state index contributed by atoms with van der Waals surface area (Å²) in [5.74, 6) is 0. The monoisotopic (exact) mass is 200 g/mol. The Balaban J connectivity index is 2.30. The second-order valence-electron chi connectivity index (χ2n) is 4.17. The van der Waals surface area contributed by atoms with Crippen molar-refractivity contribution in [1.29, 1.82) is 0 Å². The summed E-state index contributed by atoms with van der Waals surface area (Å²) in [6, 6.07) is 1.33. The van der Waals surface area contributed by atoms with Gasteiger partial charge in [0.1, 0.15) is 0 Å². The van der Waals surface area contributed by atoms with Crippen molar-refractivity contribution < 1.29 is 4.74 Å². The van der Waals surface area contributed by atoms with Gasteiger partial charge in [-0.05, 0) is 26.4 Å². The van der Waals surface area contributed by atoms with Crippen LogP contribution >= 0.6 is 0 Å². The molecule has 0 heterocycles. The quantitative estimate of drug-likeness (QED) is 0.666. The van der Waals surface area contributed by atoms with E-state index >= 15 is 0 Å². The van der Waals surface area contributed by atoms with Crippen LogP contribution in [0.2, 0.25) is 0 Å². The maximum absolute atomic E-state index is 5.26. The van der Waals surface area contributed by atoms with Crippen molar-refractivity contribution in [1.82, 2.24) is 10.2 Å². The highest BCUT2D eigenvalue weighted by Crippen LogP contribution is 2.24. The lowest BCUT2D eigenvalue weighted by molar-refractivity contribution is 0.0525. The second kappa shape index (κ2) is 6.38. The predicted molar refractivity (Wildman–Crippen MR) is 59.6 cm³/mol. The third kappa shape index (κ3) is 3.23. The molecule has 0 spiro atoms. The van der Waals surface area contributed by atoms with Crippen LogP contribution in [-0.2, 0) is 4.74 Å². The van der Waals surface area contributed by atoms with Gasteiger partial charge in [-0.25, -0.2) is 0 Å². The first-order valence-electron chi connectivity index (χ1n) is 5.71. The molecule has 1 aliphatic carbocycles. The zero-order chi connectivity index (χ0) is 10.4. The summed E-state index contributed by atoms with van der Waals surface area (Å²) in [5.41, 5.74) is 0. The van der Waals surface area contributed by atoms with E-state index in [1.165, 1.54) is 19.3 Å². The maximum Gasteiger partial charge on any atom is 0.0630 e. The summed E-state index contributed by atoms with van der Waals surface area (Å²) < 4.78 is 5.26. The van der Waals surface area contributed by atoms with Crippen molar-refractivity contribution in [3.63, 3.8) is 0 Å². The molecule has 84 valence electrons. The van der Waals surface area contributed by atoms with Crippen LogP contribution in [0.15, 0.2) is 0 Å². The third-order valence-electron chi connectivity index (χ3n) is 3.22. The summed E-state index contributed by atoms with van der Waals surface area (Å²) in [6.45, 7) is 5.06. The standard InChI is InChI=1S/C11H24N2O/c1-4-12-8-11(9-14-3)13(2)10-6-5-7-10/h10-12H,4-9H2,1-3H3. The molecule has 3 heteroatoms. The number of hydrogen-bond donors (Lipinski definition) is 1. The van der Waals surface area contributed by atoms with Gasteiger partial charge in [-0.1, -0.05) is 13.3 Å². The Morgan fingerprint density at radius 3 is 2.64 bits per heavy atom. The van der Waals surface area contributed by atoms with E-state index < -0.39 is 0 Å². The Morgan fingerprint density at radius 2 is 2.21 bits per heavy atom. The van der Waals surface area contributed by atoms with E-state index in [0.29, 0.717) is 6.04 Å². The Labute approximate surface area is 87.8 Å². The van der Waals surface area contributed by atoms with Gasteiger partial charge in [0.15, 0.2) is 0 Å². The number of nitrogens with zero attached hydrogens (tertiary/aromatic N) is 1. The zero-order valence-electron chi connectivity index (χ0n) is 9.75. The van der Waals surface area contributed by atoms with Crippen LogP contribution in [0, 0.1) is 0 Å². The van der Waals surface area contributed by atoms with Gasteiger partial charge in [0.2, 0.25) is 0 Å². The SMILES string of the molecule is CCNCC(COC)N(C)C1CCC1. The van der Waals surface area contributed by atoms with Crippen molar-refractivity contribution in [2.24, 2.45) is 0 Å². The van der Waals surface area contributed by atoms with E-state index in [1.54, 1.807) is 7.11 Å². The molecule has 0 bridgehead atoms. The molecule has 1 rings (SSSR count). The zero-order valence-corrected chi connectivity index (χ0v) is 9.75. The van der Waals surface area contributed by atoms with E-state index in [2.05, 4.69) is 24.2 Å². The number of ether oxygens (including phenoxy) is 1. The van der Waals surface area contributed by atoms with Gasteiger partial charge in [0.05, 0.1) is 6.61 Å². The third-order valence-corrected chi connectivity index (χ3v) is 3.22. The van der Waals surface area contributed by atoms with E-state index in [-0.39, 0.29) is 0 Å². The molecule has 1 fully saturated rings. The van der Waals surface area contributed by atoms with Gasteiger partial charge in [-0.15, -0.1) is 0 Å². The van der Waals surface area contributed by atoms with Crippen LogP contribution in [0.5, 0.6) is 0 Å². The second-order valence-corrected chi connectivity index (χ2v) is 4.17. The lowest BCUT2D eigenvalue weighted by atomic mass is 9.91. The number of nitrogens with one attached hydrogen (secondary N) is 1. The molecule has 1 unspecified atom stereocenters. The van der Waals surface area contributed by atoms with E-state index in [1.807, 2.05) is 0 Å². The van der Waals surface area contributed by atoms with Crippen LogP contribution in [0.4, 0.5) is 0 Å². The Kier molecular flexibility index (Phi) is 5.45. The van der Waals surface area contributed by atoms with Crippen molar-refractivity contribution in [3.05, 3.63) is 0 Å². The van der Waals surface area contributed by atoms with Gasteiger partial charge < -0.3 is 10.1 Å². The molecule has 1 saturated carbocycles. The van der Waals surface area contributed by atoms with Crippen molar-refractivity contribution in [3.8, 4) is 0 Å². The van der Waals surface area contributed by atoms with Gasteiger partial charge >= 0.3 is 0 Å². The summed E-state index contributed by atoms with van der Waals surface area (Å²) >= 11 is 0. The molecular formula is C11H24N2O. The van der Waals surface area contributed by atoms with Crippen LogP contribution in [-0.4, -0.2) is 50.8 Å². The van der Waals surface area contributed by atoms with Gasteiger partial charge in [0, 0.05) is 25.7 Å². The molecular weight excluding hydrogens is 176 g/mol. The largest absolute Gasteiger partial charge is 0.383 e. The molecule has 0 aromatic carbocycles. The van der Waals surface area contributed by atoms with E-state index in [0.717, 1.165) is 25.7 Å². The Hall–Kier alpha value is -0.120. The molecule has 0 radical (unpaired) electrons. The summed E-state index contributed by atoms with van der Waals surface area (Å²) in [4.78, 5) is 2.48. The fraction of sp³-hybridized carbons (Fsp3) is 1.00. The van der Waals surface area contributed by atoms with Crippen LogP contribution in [0.1, 0.15) is 26.2 Å². The maximum atomic E-state index is 5.26. The van der Waals surface area contributed by atoms with Gasteiger partial charge in [0.25, 0.3) is 0 Å². The number of rotatable bonds is 7. The molecule has 14 heavy (non-hydrogen) atoms. The van der Waals surface area contributed by atoms with Crippen LogP contribution in [0.3, 0.4) is 0 Å². The highest BCUT2D eigenvalue weighted by Gasteiger charge is 2.26. The first-order valence-corrected chi connectivity index (χ1v) is 5.71. The molecule has 0 aromatic rings. The average Bonchev–Trinajstić information content (AvgIpc) is 2.09. The summed E-state index contributed by atoms with van der Waals surface area (Å²) in [5, 5.41) is 3.40. The number of hydrogen-bond acceptors (Lipinski definition) is 3. The molecule has 1 aliphatic rings. The van der Waals surface area contributed by atoms with Crippen LogP contribution in [0.25, 0.3) is 0 Å². The fourth-order valence-corrected chi connectivity index (χ4v) is 1.92. The van der Waals surface area contributed by atoms with Crippen LogP contribution < -0.4 is 5.32 Å². The fourth-order valence-electron chi connectivity index (χ4n) is 1.92. The summed E-state index contributed by atoms with van der Waals surface area (Å²) in [6.07, 6.45) is 4.13. The minimum absolute atomic E-state index is 0.533. The molecule has 0 amide bonds. The lowest BCUT2D eigenvalue weighted by Gasteiger charge is -2.39. The highest BCUT2D eigenvalue weighted by atomic mass is 16.5. The molecule has 0 aromatic heterocycles. The first kappa shape index (κ1) is 12.0. The van der Waals surface area contributed by atoms with Gasteiger partial charge in [-0.2, -0.15) is 0 Å². The Morgan fingerprint density at radius 1 is 1.50 bits per heavy atom. The minimum atomic E-state index is 0.533. The normalized spacial score (nSPS) is 19.7. The van der Waals surface area contributed by atoms with E-state index in [4.69, 9.17) is 4.74 Å². The summed E-state index contributed by atoms with van der Waals surface area (Å²) in [7, 11) is 4.01. The Bertz CT molecular complexity index is 148. The van der Waals surface area contributed by atoms with Gasteiger partial charge in [-0.3, -0.25) is 4.90 Å². The minimum Gasteiger partial charge on any atom is -0.383 e. The topological polar surface area (TPSA) is 24.5 Å². The van der Waals surface area contributed by atoms with E-state index in [9.17, 15) is 0 Å². The van der Waals surface area contributed by atoms with Crippen molar-refractivity contribution in [2.45, 2.75) is 38.3 Å². The average molecular weight is 200 g/mol. The molecule has 1 atom stereocenters. The highest BCUT2D eigenvalue weighted by molar-refractivity contribution is 4.83. The molecule has 3 nitrogen and oxygen atoms in total. The number of methoxy groups -OCH3 is 1. The predicted octanol–water partition coefficient (Wildman–Crippen LogP) is 1.10. The molecule has 0 saturated heterocycles. The lowest BCUT2D eigenvalue weighted by Crippen LogP contribution is -2.50. The smallest absolute Gasteiger partial charge is 0.0630 e. The number of likely N-dealkylation sites (N-methyl/N-ethyl adjacent to an activating group) is 2. The first-order chi connectivity index (χ1) is 6.79. The molecule has 0 aliphatic heterocycles. The molecule has 1 N–H and O–H groups in total.